The molecule has 2 aromatic heterocycles. The molecular weight excluding hydrogens is 426 g/mol. The zero-order valence-corrected chi connectivity index (χ0v) is 18.8. The third-order valence-corrected chi connectivity index (χ3v) is 8.13. The van der Waals surface area contributed by atoms with Gasteiger partial charge >= 0.3 is 0 Å². The molecule has 1 aliphatic heterocycles. The number of hydrogen-bond acceptors (Lipinski definition) is 5. The summed E-state index contributed by atoms with van der Waals surface area (Å²) < 4.78 is 35.3. The summed E-state index contributed by atoms with van der Waals surface area (Å²) in [5.41, 5.74) is 3.15. The van der Waals surface area contributed by atoms with Crippen LogP contribution in [0.25, 0.3) is 22.0 Å². The first-order valence-corrected chi connectivity index (χ1v) is 12.0. The summed E-state index contributed by atoms with van der Waals surface area (Å²) in [5, 5.41) is 12.5. The first-order valence-electron chi connectivity index (χ1n) is 10.6. The SMILES string of the molecule is COc1cccc(S(=O)(=O)N2C[C@@H](Cn3ncc4cc(-c5cn[nH]c5)ccc43)C[C@H]2C)c1. The predicted octanol–water partition coefficient (Wildman–Crippen LogP) is 3.53. The molecule has 9 heteroatoms. The van der Waals surface area contributed by atoms with E-state index in [0.29, 0.717) is 18.8 Å². The average Bonchev–Trinajstić information content (AvgIpc) is 3.54. The maximum absolute atomic E-state index is 13.3. The first kappa shape index (κ1) is 20.7. The molecule has 32 heavy (non-hydrogen) atoms. The van der Waals surface area contributed by atoms with Crippen molar-refractivity contribution in [3.63, 3.8) is 0 Å². The fourth-order valence-electron chi connectivity index (χ4n) is 4.54. The molecule has 2 aromatic carbocycles. The van der Waals surface area contributed by atoms with E-state index in [1.807, 2.05) is 24.0 Å². The Kier molecular flexibility index (Phi) is 5.22. The highest BCUT2D eigenvalue weighted by Gasteiger charge is 2.38. The van der Waals surface area contributed by atoms with Crippen LogP contribution in [0.4, 0.5) is 0 Å². The van der Waals surface area contributed by atoms with Crippen LogP contribution in [0.3, 0.4) is 0 Å². The molecule has 0 saturated carbocycles. The molecule has 0 radical (unpaired) electrons. The largest absolute Gasteiger partial charge is 0.497 e. The molecule has 166 valence electrons. The third kappa shape index (κ3) is 3.67. The molecule has 1 fully saturated rings. The van der Waals surface area contributed by atoms with Crippen LogP contribution in [0.1, 0.15) is 13.3 Å². The van der Waals surface area contributed by atoms with Crippen molar-refractivity contribution in [1.82, 2.24) is 24.3 Å². The lowest BCUT2D eigenvalue weighted by Crippen LogP contribution is -2.34. The van der Waals surface area contributed by atoms with Gasteiger partial charge in [-0.3, -0.25) is 9.78 Å². The van der Waals surface area contributed by atoms with Crippen LogP contribution in [-0.2, 0) is 16.6 Å². The molecule has 0 spiro atoms. The Morgan fingerprint density at radius 3 is 2.81 bits per heavy atom. The number of fused-ring (bicyclic) bond motifs is 1. The van der Waals surface area contributed by atoms with E-state index in [-0.39, 0.29) is 16.9 Å². The minimum Gasteiger partial charge on any atom is -0.497 e. The van der Waals surface area contributed by atoms with E-state index in [1.165, 1.54) is 7.11 Å². The maximum atomic E-state index is 13.3. The van der Waals surface area contributed by atoms with Gasteiger partial charge in [0.2, 0.25) is 10.0 Å². The summed E-state index contributed by atoms with van der Waals surface area (Å²) in [4.78, 5) is 0.265. The second-order valence-corrected chi connectivity index (χ2v) is 10.2. The maximum Gasteiger partial charge on any atom is 0.243 e. The van der Waals surface area contributed by atoms with E-state index < -0.39 is 10.0 Å². The van der Waals surface area contributed by atoms with Crippen LogP contribution in [-0.4, -0.2) is 52.4 Å². The van der Waals surface area contributed by atoms with E-state index >= 15 is 0 Å². The summed E-state index contributed by atoms with van der Waals surface area (Å²) in [5.74, 6) is 0.717. The Labute approximate surface area is 186 Å². The zero-order chi connectivity index (χ0) is 22.3. The van der Waals surface area contributed by atoms with Crippen LogP contribution in [0.15, 0.2) is 66.0 Å². The van der Waals surface area contributed by atoms with Crippen molar-refractivity contribution in [1.29, 1.82) is 0 Å². The molecule has 2 atom stereocenters. The zero-order valence-electron chi connectivity index (χ0n) is 18.0. The standard InChI is InChI=1S/C23H25N5O3S/c1-16-8-17(15-28(16)32(29,30)22-5-3-4-21(10-22)31-2)14-27-23-7-6-18(9-19(23)13-26-27)20-11-24-25-12-20/h3-7,9-13,16-17H,8,14-15H2,1-2H3,(H,24,25)/t16-,17-/m1/s1. The molecule has 0 aliphatic carbocycles. The minimum atomic E-state index is -3.59. The van der Waals surface area contributed by atoms with Gasteiger partial charge in [-0.15, -0.1) is 0 Å². The fraction of sp³-hybridized carbons (Fsp3) is 0.304. The second-order valence-electron chi connectivity index (χ2n) is 8.29. The van der Waals surface area contributed by atoms with Crippen molar-refractivity contribution in [2.24, 2.45) is 5.92 Å². The number of rotatable bonds is 6. The van der Waals surface area contributed by atoms with Crippen molar-refractivity contribution in [3.8, 4) is 16.9 Å². The van der Waals surface area contributed by atoms with Gasteiger partial charge in [-0.25, -0.2) is 8.42 Å². The molecule has 0 amide bonds. The highest BCUT2D eigenvalue weighted by atomic mass is 32.2. The van der Waals surface area contributed by atoms with E-state index in [1.54, 1.807) is 34.8 Å². The number of nitrogens with zero attached hydrogens (tertiary/aromatic N) is 4. The number of aromatic nitrogens is 4. The number of ether oxygens (including phenoxy) is 1. The Bertz CT molecular complexity index is 1350. The van der Waals surface area contributed by atoms with E-state index in [2.05, 4.69) is 33.5 Å². The van der Waals surface area contributed by atoms with Crippen molar-refractivity contribution in [2.45, 2.75) is 30.8 Å². The third-order valence-electron chi connectivity index (χ3n) is 6.16. The van der Waals surface area contributed by atoms with Crippen LogP contribution >= 0.6 is 0 Å². The molecule has 8 nitrogen and oxygen atoms in total. The molecule has 4 aromatic rings. The topological polar surface area (TPSA) is 93.1 Å². The van der Waals surface area contributed by atoms with Gasteiger partial charge in [0.25, 0.3) is 0 Å². The van der Waals surface area contributed by atoms with Crippen LogP contribution < -0.4 is 4.74 Å². The quantitative estimate of drug-likeness (QED) is 0.484. The van der Waals surface area contributed by atoms with Gasteiger partial charge in [-0.05, 0) is 49.1 Å². The number of aromatic amines is 1. The van der Waals surface area contributed by atoms with Gasteiger partial charge in [0.05, 0.1) is 29.9 Å². The Balaban J connectivity index is 1.35. The minimum absolute atomic E-state index is 0.0780. The van der Waals surface area contributed by atoms with Gasteiger partial charge in [0.15, 0.2) is 0 Å². The molecule has 0 bridgehead atoms. The van der Waals surface area contributed by atoms with Gasteiger partial charge in [-0.1, -0.05) is 12.1 Å². The summed E-state index contributed by atoms with van der Waals surface area (Å²) >= 11 is 0. The Hall–Kier alpha value is -3.17. The van der Waals surface area contributed by atoms with Crippen molar-refractivity contribution >= 4 is 20.9 Å². The van der Waals surface area contributed by atoms with Crippen LogP contribution in [0, 0.1) is 5.92 Å². The lowest BCUT2D eigenvalue weighted by atomic mass is 10.1. The smallest absolute Gasteiger partial charge is 0.243 e. The highest BCUT2D eigenvalue weighted by molar-refractivity contribution is 7.89. The van der Waals surface area contributed by atoms with Gasteiger partial charge in [-0.2, -0.15) is 14.5 Å². The number of methoxy groups -OCH3 is 1. The van der Waals surface area contributed by atoms with Gasteiger partial charge in [0, 0.05) is 42.3 Å². The predicted molar refractivity (Wildman–Crippen MR) is 122 cm³/mol. The van der Waals surface area contributed by atoms with E-state index in [4.69, 9.17) is 4.74 Å². The van der Waals surface area contributed by atoms with E-state index in [0.717, 1.165) is 28.5 Å². The number of H-pyrrole nitrogens is 1. The van der Waals surface area contributed by atoms with Crippen LogP contribution in [0.2, 0.25) is 0 Å². The highest BCUT2D eigenvalue weighted by Crippen LogP contribution is 2.32. The summed E-state index contributed by atoms with van der Waals surface area (Å²) in [6.07, 6.45) is 6.31. The fourth-order valence-corrected chi connectivity index (χ4v) is 6.29. The number of nitrogens with one attached hydrogen (secondary N) is 1. The second kappa shape index (κ2) is 8.07. The molecule has 5 rings (SSSR count). The normalized spacial score (nSPS) is 19.6. The van der Waals surface area contributed by atoms with Crippen molar-refractivity contribution < 1.29 is 13.2 Å². The molecule has 0 unspecified atom stereocenters. The summed E-state index contributed by atoms with van der Waals surface area (Å²) in [7, 11) is -2.06. The molecule has 1 aliphatic rings. The average molecular weight is 452 g/mol. The van der Waals surface area contributed by atoms with Gasteiger partial charge < -0.3 is 4.74 Å². The Morgan fingerprint density at radius 1 is 1.16 bits per heavy atom. The van der Waals surface area contributed by atoms with Crippen molar-refractivity contribution in [3.05, 3.63) is 61.1 Å². The summed E-state index contributed by atoms with van der Waals surface area (Å²) in [6.45, 7) is 3.11. The first-order chi connectivity index (χ1) is 15.5. The number of sulfonamides is 1. The summed E-state index contributed by atoms with van der Waals surface area (Å²) in [6, 6.07) is 12.8. The monoisotopic (exact) mass is 451 g/mol. The van der Waals surface area contributed by atoms with Gasteiger partial charge in [0.1, 0.15) is 5.75 Å². The lowest BCUT2D eigenvalue weighted by Gasteiger charge is -2.21. The lowest BCUT2D eigenvalue weighted by molar-refractivity contribution is 0.394. The molecule has 1 N–H and O–H groups in total. The molecule has 3 heterocycles. The molecular formula is C23H25N5O3S. The Morgan fingerprint density at radius 2 is 2.03 bits per heavy atom. The number of benzene rings is 2. The van der Waals surface area contributed by atoms with Crippen LogP contribution in [0.5, 0.6) is 5.75 Å². The van der Waals surface area contributed by atoms with E-state index in [9.17, 15) is 8.42 Å². The number of hydrogen-bond donors (Lipinski definition) is 1. The van der Waals surface area contributed by atoms with Crippen molar-refractivity contribution in [2.75, 3.05) is 13.7 Å². The molecule has 1 saturated heterocycles.